The third kappa shape index (κ3) is 11.4. The fourth-order valence-electron chi connectivity index (χ4n) is 6.07. The van der Waals surface area contributed by atoms with Crippen molar-refractivity contribution < 1.29 is 36.2 Å². The van der Waals surface area contributed by atoms with Crippen LogP contribution in [0.5, 0.6) is 5.75 Å². The zero-order valence-corrected chi connectivity index (χ0v) is 29.5. The van der Waals surface area contributed by atoms with E-state index in [-0.39, 0.29) is 23.6 Å². The molecule has 2 saturated heterocycles. The SMILES string of the molecule is CN1CCC(OC(c2ccccn2)c2cc(OC(F)(F)F)ccc2F)CC1.Cc1ccc(C(OC2CCN(C)CC2)c2ccc(Cl)cn2)c(F)c1. The molecular weight excluding hydrogens is 691 g/mol. The van der Waals surface area contributed by atoms with Crippen molar-refractivity contribution in [1.29, 1.82) is 0 Å². The highest BCUT2D eigenvalue weighted by Gasteiger charge is 2.33. The number of hydrogen-bond acceptors (Lipinski definition) is 7. The van der Waals surface area contributed by atoms with Crippen molar-refractivity contribution in [3.8, 4) is 5.75 Å². The maximum Gasteiger partial charge on any atom is 0.573 e. The number of benzene rings is 2. The van der Waals surface area contributed by atoms with Crippen molar-refractivity contribution in [2.24, 2.45) is 0 Å². The monoisotopic (exact) mass is 732 g/mol. The molecule has 2 aliphatic rings. The number of piperidine rings is 2. The fourth-order valence-corrected chi connectivity index (χ4v) is 6.18. The lowest BCUT2D eigenvalue weighted by Crippen LogP contribution is -2.35. The summed E-state index contributed by atoms with van der Waals surface area (Å²) in [4.78, 5) is 13.0. The van der Waals surface area contributed by atoms with Crippen LogP contribution in [-0.4, -0.2) is 78.6 Å². The Balaban J connectivity index is 0.000000199. The first-order chi connectivity index (χ1) is 24.3. The van der Waals surface area contributed by atoms with Gasteiger partial charge in [0.15, 0.2) is 0 Å². The fraction of sp³-hybridized carbons (Fsp3) is 0.421. The van der Waals surface area contributed by atoms with Gasteiger partial charge in [0, 0.05) is 49.7 Å². The van der Waals surface area contributed by atoms with Gasteiger partial charge >= 0.3 is 6.36 Å². The molecule has 0 aliphatic carbocycles. The van der Waals surface area contributed by atoms with Crippen LogP contribution in [0.25, 0.3) is 0 Å². The summed E-state index contributed by atoms with van der Waals surface area (Å²) in [6.07, 6.45) is 0.159. The molecule has 0 bridgehead atoms. The van der Waals surface area contributed by atoms with E-state index in [1.54, 1.807) is 42.6 Å². The van der Waals surface area contributed by atoms with Crippen LogP contribution < -0.4 is 4.74 Å². The average molecular weight is 733 g/mol. The lowest BCUT2D eigenvalue weighted by molar-refractivity contribution is -0.274. The Morgan fingerprint density at radius 1 is 0.725 bits per heavy atom. The normalized spacial score (nSPS) is 17.7. The third-order valence-electron chi connectivity index (χ3n) is 8.89. The van der Waals surface area contributed by atoms with Crippen LogP contribution in [0.2, 0.25) is 5.02 Å². The summed E-state index contributed by atoms with van der Waals surface area (Å²) in [7, 11) is 4.11. The molecule has 2 aromatic carbocycles. The van der Waals surface area contributed by atoms with E-state index in [9.17, 15) is 22.0 Å². The molecule has 2 fully saturated rings. The zero-order chi connectivity index (χ0) is 36.5. The molecule has 51 heavy (non-hydrogen) atoms. The number of nitrogens with zero attached hydrogens (tertiary/aromatic N) is 4. The smallest absolute Gasteiger partial charge is 0.406 e. The molecule has 2 atom stereocenters. The van der Waals surface area contributed by atoms with Gasteiger partial charge in [-0.05, 0) is 101 Å². The van der Waals surface area contributed by atoms with Crippen LogP contribution in [0.4, 0.5) is 22.0 Å². The predicted octanol–water partition coefficient (Wildman–Crippen LogP) is 8.70. The molecule has 7 nitrogen and oxygen atoms in total. The number of aryl methyl sites for hydroxylation is 1. The molecule has 4 heterocycles. The van der Waals surface area contributed by atoms with Crippen LogP contribution in [-0.2, 0) is 9.47 Å². The quantitative estimate of drug-likeness (QED) is 0.160. The first-order valence-corrected chi connectivity index (χ1v) is 17.2. The molecule has 0 amide bonds. The van der Waals surface area contributed by atoms with Crippen LogP contribution in [0, 0.1) is 18.6 Å². The Morgan fingerprint density at radius 3 is 1.86 bits per heavy atom. The molecule has 0 N–H and O–H groups in total. The summed E-state index contributed by atoms with van der Waals surface area (Å²) < 4.78 is 83.0. The summed E-state index contributed by atoms with van der Waals surface area (Å²) in [5.74, 6) is -1.43. The number of rotatable bonds is 9. The number of hydrogen-bond donors (Lipinski definition) is 0. The third-order valence-corrected chi connectivity index (χ3v) is 9.11. The lowest BCUT2D eigenvalue weighted by atomic mass is 10.0. The van der Waals surface area contributed by atoms with E-state index in [2.05, 4.69) is 31.6 Å². The number of ether oxygens (including phenoxy) is 3. The van der Waals surface area contributed by atoms with Crippen molar-refractivity contribution in [1.82, 2.24) is 19.8 Å². The molecule has 2 aromatic heterocycles. The molecule has 274 valence electrons. The average Bonchev–Trinajstić information content (AvgIpc) is 3.10. The van der Waals surface area contributed by atoms with E-state index in [1.807, 2.05) is 20.0 Å². The number of alkyl halides is 3. The van der Waals surface area contributed by atoms with Gasteiger partial charge in [0.05, 0.1) is 28.6 Å². The largest absolute Gasteiger partial charge is 0.573 e. The second kappa shape index (κ2) is 17.7. The van der Waals surface area contributed by atoms with Gasteiger partial charge < -0.3 is 24.0 Å². The maximum absolute atomic E-state index is 14.5. The van der Waals surface area contributed by atoms with Crippen LogP contribution in [0.3, 0.4) is 0 Å². The molecule has 0 saturated carbocycles. The van der Waals surface area contributed by atoms with Gasteiger partial charge in [-0.2, -0.15) is 0 Å². The first kappa shape index (κ1) is 38.5. The summed E-state index contributed by atoms with van der Waals surface area (Å²) in [6.45, 7) is 5.52. The zero-order valence-electron chi connectivity index (χ0n) is 28.8. The molecule has 2 unspecified atom stereocenters. The summed E-state index contributed by atoms with van der Waals surface area (Å²) in [5.41, 5.74) is 2.49. The van der Waals surface area contributed by atoms with E-state index < -0.39 is 30.1 Å². The van der Waals surface area contributed by atoms with Crippen LogP contribution in [0.1, 0.15) is 66.0 Å². The van der Waals surface area contributed by atoms with Gasteiger partial charge in [-0.1, -0.05) is 29.8 Å². The summed E-state index contributed by atoms with van der Waals surface area (Å²) in [5, 5.41) is 0.557. The Labute approximate surface area is 300 Å². The van der Waals surface area contributed by atoms with Crippen LogP contribution in [0.15, 0.2) is 79.1 Å². The number of aromatic nitrogens is 2. The van der Waals surface area contributed by atoms with Crippen molar-refractivity contribution in [2.75, 3.05) is 40.3 Å². The molecule has 13 heteroatoms. The second-order valence-electron chi connectivity index (χ2n) is 12.9. The van der Waals surface area contributed by atoms with Crippen molar-refractivity contribution >= 4 is 11.6 Å². The minimum atomic E-state index is -4.86. The summed E-state index contributed by atoms with van der Waals surface area (Å²) in [6, 6.07) is 16.8. The van der Waals surface area contributed by atoms with Crippen molar-refractivity contribution in [3.05, 3.63) is 124 Å². The molecule has 0 spiro atoms. The number of halogens is 6. The molecular formula is C38H42ClF5N4O3. The predicted molar refractivity (Wildman–Crippen MR) is 185 cm³/mol. The minimum Gasteiger partial charge on any atom is -0.406 e. The molecule has 2 aliphatic heterocycles. The number of pyridine rings is 2. The van der Waals surface area contributed by atoms with E-state index in [0.717, 1.165) is 75.6 Å². The Kier molecular flexibility index (Phi) is 13.4. The van der Waals surface area contributed by atoms with Gasteiger partial charge in [-0.15, -0.1) is 13.2 Å². The Bertz CT molecular complexity index is 1680. The minimum absolute atomic E-state index is 0.0330. The van der Waals surface area contributed by atoms with E-state index in [1.165, 1.54) is 12.3 Å². The van der Waals surface area contributed by atoms with Gasteiger partial charge in [-0.25, -0.2) is 8.78 Å². The topological polar surface area (TPSA) is 60.0 Å². The van der Waals surface area contributed by atoms with Crippen molar-refractivity contribution in [2.45, 2.75) is 63.4 Å². The number of likely N-dealkylation sites (tertiary alicyclic amines) is 2. The van der Waals surface area contributed by atoms with E-state index in [0.29, 0.717) is 22.0 Å². The standard InChI is InChI=1S/C19H22ClFN2O.C19H20F4N2O2/c1-13-3-5-16(17(21)11-13)19(18-6-4-14(20)12-22-18)24-15-7-9-23(2)10-8-15;1-25-10-7-13(8-11-25)26-18(17-4-2-3-9-24-17)15-12-14(5-6-16(15)20)27-19(21,22)23/h3-6,11-12,15,19H,7-10H2,1-2H3;2-6,9,12-13,18H,7-8,10-11H2,1H3. The van der Waals surface area contributed by atoms with Crippen molar-refractivity contribution in [3.63, 3.8) is 0 Å². The lowest BCUT2D eigenvalue weighted by Gasteiger charge is -2.32. The Hall–Kier alpha value is -3.68. The van der Waals surface area contributed by atoms with Gasteiger partial charge in [0.2, 0.25) is 0 Å². The first-order valence-electron chi connectivity index (χ1n) is 16.9. The molecule has 4 aromatic rings. The highest BCUT2D eigenvalue weighted by atomic mass is 35.5. The molecule has 6 rings (SSSR count). The Morgan fingerprint density at radius 2 is 1.33 bits per heavy atom. The van der Waals surface area contributed by atoms with E-state index in [4.69, 9.17) is 21.1 Å². The highest BCUT2D eigenvalue weighted by Crippen LogP contribution is 2.35. The van der Waals surface area contributed by atoms with Gasteiger partial charge in [0.25, 0.3) is 0 Å². The second-order valence-corrected chi connectivity index (χ2v) is 13.4. The van der Waals surface area contributed by atoms with Gasteiger partial charge in [-0.3, -0.25) is 9.97 Å². The van der Waals surface area contributed by atoms with Crippen LogP contribution >= 0.6 is 11.6 Å². The van der Waals surface area contributed by atoms with E-state index >= 15 is 0 Å². The van der Waals surface area contributed by atoms with Gasteiger partial charge in [0.1, 0.15) is 29.6 Å². The highest BCUT2D eigenvalue weighted by molar-refractivity contribution is 6.30. The maximum atomic E-state index is 14.5. The molecule has 0 radical (unpaired) electrons. The summed E-state index contributed by atoms with van der Waals surface area (Å²) >= 11 is 5.94.